The largest absolute Gasteiger partial charge is 0.452 e. The van der Waals surface area contributed by atoms with Gasteiger partial charge in [0.15, 0.2) is 6.61 Å². The van der Waals surface area contributed by atoms with Crippen molar-refractivity contribution in [3.63, 3.8) is 0 Å². The van der Waals surface area contributed by atoms with Gasteiger partial charge < -0.3 is 15.4 Å². The summed E-state index contributed by atoms with van der Waals surface area (Å²) in [6.07, 6.45) is 3.57. The van der Waals surface area contributed by atoms with Crippen LogP contribution in [0.4, 0.5) is 15.1 Å². The predicted molar refractivity (Wildman–Crippen MR) is 106 cm³/mol. The molecule has 0 saturated carbocycles. The number of hydrogen-bond acceptors (Lipinski definition) is 5. The molecular weight excluding hydrogens is 407 g/mol. The van der Waals surface area contributed by atoms with Gasteiger partial charge in [-0.2, -0.15) is 0 Å². The van der Waals surface area contributed by atoms with E-state index in [0.717, 1.165) is 42.2 Å². The van der Waals surface area contributed by atoms with Crippen molar-refractivity contribution in [1.29, 1.82) is 0 Å². The Bertz CT molecular complexity index is 944. The van der Waals surface area contributed by atoms with E-state index in [-0.39, 0.29) is 10.9 Å². The van der Waals surface area contributed by atoms with E-state index in [9.17, 15) is 18.8 Å². The van der Waals surface area contributed by atoms with Crippen LogP contribution in [0, 0.1) is 5.82 Å². The highest BCUT2D eigenvalue weighted by atomic mass is 35.5. The van der Waals surface area contributed by atoms with E-state index in [1.54, 1.807) is 0 Å². The van der Waals surface area contributed by atoms with E-state index in [1.165, 1.54) is 30.4 Å². The summed E-state index contributed by atoms with van der Waals surface area (Å²) in [5.74, 6) is -2.12. The Morgan fingerprint density at radius 3 is 2.68 bits per heavy atom. The van der Waals surface area contributed by atoms with Gasteiger partial charge in [-0.15, -0.1) is 11.3 Å². The van der Waals surface area contributed by atoms with Gasteiger partial charge in [0.1, 0.15) is 10.8 Å². The minimum Gasteiger partial charge on any atom is -0.452 e. The van der Waals surface area contributed by atoms with Crippen molar-refractivity contribution in [3.05, 3.63) is 45.0 Å². The number of carbonyl (C=O) groups is 3. The maximum atomic E-state index is 13.2. The molecule has 1 aromatic heterocycles. The molecule has 0 atom stereocenters. The number of carbonyl (C=O) groups excluding carboxylic acids is 3. The fraction of sp³-hybridized carbons (Fsp3) is 0.316. The molecule has 1 aliphatic carbocycles. The molecule has 6 nitrogen and oxygen atoms in total. The van der Waals surface area contributed by atoms with Gasteiger partial charge in [0.05, 0.1) is 10.6 Å². The normalized spacial score (nSPS) is 12.8. The quantitative estimate of drug-likeness (QED) is 0.705. The molecule has 1 aromatic carbocycles. The number of rotatable bonds is 5. The minimum absolute atomic E-state index is 0.125. The summed E-state index contributed by atoms with van der Waals surface area (Å²) in [7, 11) is 0. The van der Waals surface area contributed by atoms with E-state index in [4.69, 9.17) is 16.3 Å². The van der Waals surface area contributed by atoms with Crippen molar-refractivity contribution < 1.29 is 23.5 Å². The minimum atomic E-state index is -0.657. The number of nitrogens with one attached hydrogen (secondary N) is 2. The molecule has 0 spiro atoms. The van der Waals surface area contributed by atoms with Gasteiger partial charge in [-0.3, -0.25) is 9.59 Å². The molecule has 0 saturated heterocycles. The molecule has 2 aromatic rings. The van der Waals surface area contributed by atoms with Crippen molar-refractivity contribution >= 4 is 51.4 Å². The summed E-state index contributed by atoms with van der Waals surface area (Å²) < 4.78 is 18.3. The molecule has 1 aliphatic rings. The fourth-order valence-electron chi connectivity index (χ4n) is 3.00. The topological polar surface area (TPSA) is 84.5 Å². The predicted octanol–water partition coefficient (Wildman–Crippen LogP) is 4.17. The number of aryl methyl sites for hydroxylation is 1. The van der Waals surface area contributed by atoms with E-state index in [2.05, 4.69) is 10.6 Å². The van der Waals surface area contributed by atoms with Crippen LogP contribution in [-0.4, -0.2) is 24.4 Å². The van der Waals surface area contributed by atoms with Crippen molar-refractivity contribution in [1.82, 2.24) is 0 Å². The number of benzene rings is 1. The van der Waals surface area contributed by atoms with Gasteiger partial charge in [-0.25, -0.2) is 9.18 Å². The second-order valence-corrected chi connectivity index (χ2v) is 7.86. The monoisotopic (exact) mass is 424 g/mol. The lowest BCUT2D eigenvalue weighted by Gasteiger charge is -2.13. The van der Waals surface area contributed by atoms with Crippen LogP contribution in [0.15, 0.2) is 18.2 Å². The number of anilines is 2. The summed E-state index contributed by atoms with van der Waals surface area (Å²) in [4.78, 5) is 37.2. The Morgan fingerprint density at radius 1 is 1.21 bits per heavy atom. The lowest BCUT2D eigenvalue weighted by atomic mass is 9.95. The van der Waals surface area contributed by atoms with Crippen molar-refractivity contribution in [2.24, 2.45) is 0 Å². The molecule has 2 N–H and O–H groups in total. The Morgan fingerprint density at radius 2 is 1.96 bits per heavy atom. The van der Waals surface area contributed by atoms with Crippen LogP contribution in [0.1, 0.15) is 40.6 Å². The molecular formula is C19H18ClFN2O4S. The molecule has 0 aliphatic heterocycles. The Balaban J connectivity index is 1.68. The molecule has 148 valence electrons. The van der Waals surface area contributed by atoms with Gasteiger partial charge in [-0.1, -0.05) is 11.6 Å². The van der Waals surface area contributed by atoms with Crippen LogP contribution in [0.5, 0.6) is 0 Å². The zero-order valence-electron chi connectivity index (χ0n) is 15.1. The van der Waals surface area contributed by atoms with Gasteiger partial charge in [0.2, 0.25) is 5.91 Å². The molecule has 1 heterocycles. The van der Waals surface area contributed by atoms with Crippen LogP contribution in [0.3, 0.4) is 0 Å². The van der Waals surface area contributed by atoms with Crippen LogP contribution in [0.2, 0.25) is 5.02 Å². The van der Waals surface area contributed by atoms with Crippen LogP contribution >= 0.6 is 22.9 Å². The van der Waals surface area contributed by atoms with Crippen LogP contribution < -0.4 is 10.6 Å². The summed E-state index contributed by atoms with van der Waals surface area (Å²) in [6, 6.07) is 3.74. The summed E-state index contributed by atoms with van der Waals surface area (Å²) >= 11 is 7.05. The first-order chi connectivity index (χ1) is 13.3. The molecule has 9 heteroatoms. The number of thiophene rings is 1. The molecule has 0 unspecified atom stereocenters. The first-order valence-electron chi connectivity index (χ1n) is 8.69. The number of hydrogen-bond donors (Lipinski definition) is 2. The third-order valence-corrected chi connectivity index (χ3v) is 5.70. The summed E-state index contributed by atoms with van der Waals surface area (Å²) in [5, 5.41) is 5.49. The lowest BCUT2D eigenvalue weighted by Crippen LogP contribution is -2.22. The zero-order chi connectivity index (χ0) is 20.3. The van der Waals surface area contributed by atoms with Crippen molar-refractivity contribution in [2.45, 2.75) is 32.6 Å². The lowest BCUT2D eigenvalue weighted by molar-refractivity contribution is -0.119. The number of amides is 2. The first-order valence-corrected chi connectivity index (χ1v) is 9.88. The fourth-order valence-corrected chi connectivity index (χ4v) is 4.51. The van der Waals surface area contributed by atoms with Crippen molar-refractivity contribution in [2.75, 3.05) is 17.2 Å². The number of esters is 1. The maximum Gasteiger partial charge on any atom is 0.341 e. The van der Waals surface area contributed by atoms with Crippen LogP contribution in [0.25, 0.3) is 0 Å². The average Bonchev–Trinajstić information content (AvgIpc) is 3.00. The Labute approximate surface area is 170 Å². The highest BCUT2D eigenvalue weighted by Crippen LogP contribution is 2.38. The summed E-state index contributed by atoms with van der Waals surface area (Å²) in [6.45, 7) is 0.854. The third-order valence-electron chi connectivity index (χ3n) is 4.20. The standard InChI is InChI=1S/C19H18ClFN2O4S/c1-10(24)22-18-17(12-4-2-3-5-15(12)28-18)19(26)27-9-16(25)23-11-6-7-14(21)13(20)8-11/h6-8H,2-5,9H2,1H3,(H,22,24)(H,23,25). The van der Waals surface area contributed by atoms with Crippen molar-refractivity contribution in [3.8, 4) is 0 Å². The molecule has 3 rings (SSSR count). The second-order valence-electron chi connectivity index (χ2n) is 6.35. The van der Waals surface area contributed by atoms with Gasteiger partial charge >= 0.3 is 5.97 Å². The van der Waals surface area contributed by atoms with Gasteiger partial charge in [0.25, 0.3) is 5.91 Å². The maximum absolute atomic E-state index is 13.2. The van der Waals surface area contributed by atoms with E-state index in [1.807, 2.05) is 0 Å². The highest BCUT2D eigenvalue weighted by Gasteiger charge is 2.27. The molecule has 2 amide bonds. The first kappa shape index (κ1) is 20.3. The molecule has 0 radical (unpaired) electrons. The van der Waals surface area contributed by atoms with Crippen LogP contribution in [-0.2, 0) is 27.2 Å². The smallest absolute Gasteiger partial charge is 0.341 e. The number of ether oxygens (including phenoxy) is 1. The third kappa shape index (κ3) is 4.69. The highest BCUT2D eigenvalue weighted by molar-refractivity contribution is 7.17. The SMILES string of the molecule is CC(=O)Nc1sc2c(c1C(=O)OCC(=O)Nc1ccc(F)c(Cl)c1)CCCC2. The average molecular weight is 425 g/mol. The van der Waals surface area contributed by atoms with E-state index in [0.29, 0.717) is 16.3 Å². The Hall–Kier alpha value is -2.45. The van der Waals surface area contributed by atoms with Gasteiger partial charge in [0, 0.05) is 17.5 Å². The molecule has 0 fully saturated rings. The summed E-state index contributed by atoms with van der Waals surface area (Å²) in [5.41, 5.74) is 1.50. The van der Waals surface area contributed by atoms with Gasteiger partial charge in [-0.05, 0) is 49.4 Å². The molecule has 28 heavy (non-hydrogen) atoms. The van der Waals surface area contributed by atoms with E-state index >= 15 is 0 Å². The zero-order valence-corrected chi connectivity index (χ0v) is 16.6. The second kappa shape index (κ2) is 8.70. The Kier molecular flexibility index (Phi) is 6.31. The number of fused-ring (bicyclic) bond motifs is 1. The van der Waals surface area contributed by atoms with E-state index < -0.39 is 24.3 Å². The number of halogens is 2. The molecule has 0 bridgehead atoms.